The fourth-order valence-electron chi connectivity index (χ4n) is 3.55. The van der Waals surface area contributed by atoms with Gasteiger partial charge in [0.1, 0.15) is 0 Å². The molecule has 0 atom stereocenters. The van der Waals surface area contributed by atoms with Crippen LogP contribution in [0, 0.1) is 0 Å². The average Bonchev–Trinajstić information content (AvgIpc) is 2.84. The van der Waals surface area contributed by atoms with Crippen molar-refractivity contribution in [1.29, 1.82) is 0 Å². The number of nitrogens with zero attached hydrogens (tertiary/aromatic N) is 2. The molecule has 0 radical (unpaired) electrons. The van der Waals surface area contributed by atoms with Crippen LogP contribution in [0.2, 0.25) is 0 Å². The summed E-state index contributed by atoms with van der Waals surface area (Å²) < 4.78 is 32.1. The quantitative estimate of drug-likeness (QED) is 0.519. The monoisotopic (exact) mass is 471 g/mol. The maximum absolute atomic E-state index is 13.3. The van der Waals surface area contributed by atoms with E-state index < -0.39 is 9.84 Å². The summed E-state index contributed by atoms with van der Waals surface area (Å²) in [6.45, 7) is 3.15. The molecule has 2 heterocycles. The van der Waals surface area contributed by atoms with Crippen molar-refractivity contribution in [3.05, 3.63) is 66.1 Å². The van der Waals surface area contributed by atoms with Gasteiger partial charge in [-0.15, -0.1) is 0 Å². The third-order valence-corrected chi connectivity index (χ3v) is 7.80. The van der Waals surface area contributed by atoms with E-state index in [1.54, 1.807) is 18.3 Å². The lowest BCUT2D eigenvalue weighted by Crippen LogP contribution is -2.36. The first-order valence-electron chi connectivity index (χ1n) is 10.5. The van der Waals surface area contributed by atoms with Crippen LogP contribution >= 0.6 is 8.19 Å². The van der Waals surface area contributed by atoms with E-state index in [-0.39, 0.29) is 12.4 Å². The number of rotatable bonds is 8. The Morgan fingerprint density at radius 2 is 1.88 bits per heavy atom. The van der Waals surface area contributed by atoms with Gasteiger partial charge in [0.25, 0.3) is 0 Å². The van der Waals surface area contributed by atoms with Gasteiger partial charge in [0.15, 0.2) is 15.4 Å². The second-order valence-electron chi connectivity index (χ2n) is 7.51. The molecule has 1 fully saturated rings. The molecule has 9 heteroatoms. The fraction of sp³-hybridized carbons (Fsp3) is 0.304. The topological polar surface area (TPSA) is 91.8 Å². The summed E-state index contributed by atoms with van der Waals surface area (Å²) in [4.78, 5) is 6.90. The zero-order chi connectivity index (χ0) is 22.4. The van der Waals surface area contributed by atoms with E-state index in [4.69, 9.17) is 9.84 Å². The van der Waals surface area contributed by atoms with Crippen LogP contribution in [-0.4, -0.2) is 58.0 Å². The number of hydrogen-bond donors (Lipinski definition) is 2. The normalized spacial score (nSPS) is 14.6. The van der Waals surface area contributed by atoms with E-state index >= 15 is 0 Å². The molecule has 2 N–H and O–H groups in total. The molecular weight excluding hydrogens is 445 g/mol. The minimum atomic E-state index is -3.54. The van der Waals surface area contributed by atoms with Crippen molar-refractivity contribution in [1.82, 2.24) is 4.98 Å². The summed E-state index contributed by atoms with van der Waals surface area (Å²) in [6.07, 6.45) is 1.74. The Morgan fingerprint density at radius 1 is 1.09 bits per heavy atom. The zero-order valence-electron chi connectivity index (χ0n) is 17.6. The fourth-order valence-corrected chi connectivity index (χ4v) is 5.76. The molecule has 1 aromatic heterocycles. The molecule has 3 aromatic rings. The van der Waals surface area contributed by atoms with Crippen molar-refractivity contribution in [3.63, 3.8) is 0 Å². The molecule has 168 valence electrons. The van der Waals surface area contributed by atoms with Gasteiger partial charge in [-0.1, -0.05) is 30.3 Å². The lowest BCUT2D eigenvalue weighted by Gasteiger charge is -2.29. The highest BCUT2D eigenvalue weighted by atomic mass is 32.2. The van der Waals surface area contributed by atoms with Crippen molar-refractivity contribution in [3.8, 4) is 11.1 Å². The molecule has 1 saturated heterocycles. The summed E-state index contributed by atoms with van der Waals surface area (Å²) in [5.74, 6) is 1.95. The average molecular weight is 472 g/mol. The summed E-state index contributed by atoms with van der Waals surface area (Å²) in [6, 6.07) is 14.8. The third-order valence-electron chi connectivity index (χ3n) is 5.21. The summed E-state index contributed by atoms with van der Waals surface area (Å²) in [5, 5.41) is 12.0. The van der Waals surface area contributed by atoms with E-state index in [1.165, 1.54) is 0 Å². The summed E-state index contributed by atoms with van der Waals surface area (Å²) in [7, 11) is -2.67. The molecular formula is C23H26N3O4PS. The van der Waals surface area contributed by atoms with E-state index in [9.17, 15) is 8.42 Å². The minimum absolute atomic E-state index is 0.0370. The predicted molar refractivity (Wildman–Crippen MR) is 128 cm³/mol. The van der Waals surface area contributed by atoms with Gasteiger partial charge in [0, 0.05) is 37.1 Å². The van der Waals surface area contributed by atoms with E-state index in [2.05, 4.69) is 15.2 Å². The minimum Gasteiger partial charge on any atom is -0.395 e. The van der Waals surface area contributed by atoms with Crippen LogP contribution in [0.4, 0.5) is 11.2 Å². The predicted octanol–water partition coefficient (Wildman–Crippen LogP) is 3.54. The van der Waals surface area contributed by atoms with Crippen molar-refractivity contribution in [2.75, 3.05) is 49.7 Å². The molecule has 0 aliphatic carbocycles. The molecule has 0 amide bonds. The molecule has 2 aromatic carbocycles. The van der Waals surface area contributed by atoms with Crippen LogP contribution < -0.4 is 10.2 Å². The first-order valence-corrected chi connectivity index (χ1v) is 13.1. The Labute approximate surface area is 190 Å². The van der Waals surface area contributed by atoms with Gasteiger partial charge in [-0.25, -0.2) is 13.4 Å². The van der Waals surface area contributed by atoms with E-state index in [0.717, 1.165) is 49.2 Å². The molecule has 7 nitrogen and oxygen atoms in total. The maximum atomic E-state index is 13.3. The molecule has 1 aliphatic rings. The highest BCUT2D eigenvalue weighted by Gasteiger charge is 2.20. The molecule has 0 saturated carbocycles. The number of nitrogens with one attached hydrogen (secondary N) is 1. The number of aliphatic hydroxyl groups is 1. The second-order valence-corrected chi connectivity index (χ2v) is 10.4. The van der Waals surface area contributed by atoms with Gasteiger partial charge in [-0.05, 0) is 43.3 Å². The van der Waals surface area contributed by atoms with Gasteiger partial charge >= 0.3 is 0 Å². The number of aromatic nitrogens is 1. The van der Waals surface area contributed by atoms with Gasteiger partial charge in [0.05, 0.1) is 30.5 Å². The first kappa shape index (κ1) is 22.7. The molecule has 4 rings (SSSR count). The van der Waals surface area contributed by atoms with Crippen LogP contribution in [0.15, 0.2) is 65.4 Å². The van der Waals surface area contributed by atoms with E-state index in [1.807, 2.05) is 42.2 Å². The van der Waals surface area contributed by atoms with Gasteiger partial charge < -0.3 is 20.1 Å². The number of morpholine rings is 1. The Bertz CT molecular complexity index is 1140. The molecule has 0 bridgehead atoms. The molecule has 0 unspecified atom stereocenters. The Morgan fingerprint density at radius 3 is 2.56 bits per heavy atom. The SMILES string of the molecule is O=S(=O)(Cc1ccccc1)c1cc(-c2cnc(NCCO)pc2)cc(N2CCOCC2)c1. The summed E-state index contributed by atoms with van der Waals surface area (Å²) >= 11 is 0. The number of hydrogen-bond acceptors (Lipinski definition) is 7. The standard InChI is InChI=1S/C23H26N3O4PS/c27-9-6-24-23-25-15-20(16-31-23)19-12-21(26-7-10-30-11-8-26)14-22(13-19)32(28,29)17-18-4-2-1-3-5-18/h1-5,12-16,27H,6-11,17H2,(H,24,25). The van der Waals surface area contributed by atoms with Crippen LogP contribution in [0.25, 0.3) is 11.1 Å². The molecule has 1 aliphatic heterocycles. The second kappa shape index (κ2) is 10.4. The number of ether oxygens (including phenoxy) is 1. The van der Waals surface area contributed by atoms with Gasteiger partial charge in [-0.3, -0.25) is 0 Å². The smallest absolute Gasteiger partial charge is 0.182 e. The highest BCUT2D eigenvalue weighted by molar-refractivity contribution is 7.90. The summed E-state index contributed by atoms with van der Waals surface area (Å²) in [5.41, 5.74) is 4.07. The molecule has 32 heavy (non-hydrogen) atoms. The van der Waals surface area contributed by atoms with Crippen molar-refractivity contribution in [2.45, 2.75) is 10.6 Å². The number of aliphatic hydroxyl groups excluding tert-OH is 1. The number of sulfone groups is 1. The highest BCUT2D eigenvalue weighted by Crippen LogP contribution is 2.33. The van der Waals surface area contributed by atoms with Crippen molar-refractivity contribution < 1.29 is 18.3 Å². The van der Waals surface area contributed by atoms with Crippen LogP contribution in [0.3, 0.4) is 0 Å². The van der Waals surface area contributed by atoms with E-state index in [0.29, 0.717) is 24.7 Å². The largest absolute Gasteiger partial charge is 0.395 e. The van der Waals surface area contributed by atoms with Gasteiger partial charge in [-0.2, -0.15) is 0 Å². The Balaban J connectivity index is 1.71. The van der Waals surface area contributed by atoms with Crippen LogP contribution in [0.5, 0.6) is 0 Å². The molecule has 0 spiro atoms. The van der Waals surface area contributed by atoms with Gasteiger partial charge in [0.2, 0.25) is 0 Å². The number of anilines is 2. The van der Waals surface area contributed by atoms with Crippen molar-refractivity contribution in [2.24, 2.45) is 0 Å². The van der Waals surface area contributed by atoms with Crippen molar-refractivity contribution >= 4 is 29.3 Å². The lowest BCUT2D eigenvalue weighted by molar-refractivity contribution is 0.122. The van der Waals surface area contributed by atoms with Crippen LogP contribution in [0.1, 0.15) is 5.56 Å². The number of benzene rings is 2. The van der Waals surface area contributed by atoms with Crippen LogP contribution in [-0.2, 0) is 20.3 Å². The maximum Gasteiger partial charge on any atom is 0.182 e. The zero-order valence-corrected chi connectivity index (χ0v) is 19.4. The Kier molecular flexibility index (Phi) is 7.37. The third kappa shape index (κ3) is 5.64. The Hall–Kier alpha value is -2.51. The lowest BCUT2D eigenvalue weighted by atomic mass is 10.1. The first-order chi connectivity index (χ1) is 15.5.